The van der Waals surface area contributed by atoms with Crippen molar-refractivity contribution in [2.45, 2.75) is 6.42 Å². The Labute approximate surface area is 150 Å². The minimum atomic E-state index is -0.261. The first kappa shape index (κ1) is 16.1. The zero-order valence-electron chi connectivity index (χ0n) is 14.0. The molecule has 0 atom stereocenters. The van der Waals surface area contributed by atoms with Crippen molar-refractivity contribution in [2.24, 2.45) is 0 Å². The summed E-state index contributed by atoms with van der Waals surface area (Å²) in [6.45, 7) is 1.15. The number of nitrogens with one attached hydrogen (secondary N) is 1. The number of hydrogen-bond acceptors (Lipinski definition) is 2. The van der Waals surface area contributed by atoms with Crippen molar-refractivity contribution in [2.75, 3.05) is 13.1 Å². The molecule has 0 spiro atoms. The van der Waals surface area contributed by atoms with Crippen LogP contribution in [-0.4, -0.2) is 28.9 Å². The molecule has 3 aromatic rings. The monoisotopic (exact) mass is 345 g/mol. The van der Waals surface area contributed by atoms with Gasteiger partial charge in [0.15, 0.2) is 0 Å². The Bertz CT molecular complexity index is 1060. The van der Waals surface area contributed by atoms with E-state index in [2.05, 4.69) is 17.1 Å². The van der Waals surface area contributed by atoms with Crippen molar-refractivity contribution in [1.29, 1.82) is 5.26 Å². The van der Waals surface area contributed by atoms with Crippen molar-refractivity contribution in [3.8, 4) is 6.07 Å². The van der Waals surface area contributed by atoms with Crippen LogP contribution < -0.4 is 0 Å². The van der Waals surface area contributed by atoms with Gasteiger partial charge in [-0.15, -0.1) is 0 Å². The topological polar surface area (TPSA) is 59.9 Å². The number of rotatable bonds is 2. The average molecular weight is 345 g/mol. The smallest absolute Gasteiger partial charge is 0.254 e. The van der Waals surface area contributed by atoms with Gasteiger partial charge >= 0.3 is 0 Å². The predicted molar refractivity (Wildman–Crippen MR) is 97.9 cm³/mol. The number of hydrogen-bond donors (Lipinski definition) is 1. The van der Waals surface area contributed by atoms with Gasteiger partial charge in [0.1, 0.15) is 5.82 Å². The molecule has 4 rings (SSSR count). The van der Waals surface area contributed by atoms with Gasteiger partial charge in [-0.05, 0) is 54.5 Å². The fourth-order valence-electron chi connectivity index (χ4n) is 3.33. The lowest BCUT2D eigenvalue weighted by Gasteiger charge is -2.26. The molecule has 1 aliphatic rings. The molecular formula is C21H16FN3O. The number of amides is 1. The first-order chi connectivity index (χ1) is 12.7. The molecule has 0 aliphatic carbocycles. The van der Waals surface area contributed by atoms with Gasteiger partial charge in [0.25, 0.3) is 5.91 Å². The average Bonchev–Trinajstić information content (AvgIpc) is 3.10. The highest BCUT2D eigenvalue weighted by atomic mass is 19.1. The number of halogens is 1. The number of carbonyl (C=O) groups is 1. The summed E-state index contributed by atoms with van der Waals surface area (Å²) in [5, 5.41) is 9.84. The third-order valence-electron chi connectivity index (χ3n) is 4.75. The molecule has 1 aromatic heterocycles. The first-order valence-corrected chi connectivity index (χ1v) is 8.41. The van der Waals surface area contributed by atoms with Crippen LogP contribution in [0.2, 0.25) is 0 Å². The third-order valence-corrected chi connectivity index (χ3v) is 4.75. The molecule has 0 unspecified atom stereocenters. The number of carbonyl (C=O) groups excluding carboxylic acids is 1. The van der Waals surface area contributed by atoms with Crippen LogP contribution in [-0.2, 0) is 0 Å². The standard InChI is InChI=1S/C21H16FN3O/c22-17-5-6-18-19(13-24-20(18)11-17)15-7-9-25(10-8-15)21(26)16-3-1-14(12-23)2-4-16/h1-7,11,13,24H,8-10H2. The summed E-state index contributed by atoms with van der Waals surface area (Å²) in [6, 6.07) is 13.5. The van der Waals surface area contributed by atoms with Crippen molar-refractivity contribution >= 4 is 22.4 Å². The Balaban J connectivity index is 1.54. The van der Waals surface area contributed by atoms with E-state index < -0.39 is 0 Å². The summed E-state index contributed by atoms with van der Waals surface area (Å²) in [6.07, 6.45) is 4.69. The van der Waals surface area contributed by atoms with Crippen molar-refractivity contribution in [3.05, 3.63) is 77.2 Å². The summed E-state index contributed by atoms with van der Waals surface area (Å²) >= 11 is 0. The van der Waals surface area contributed by atoms with Crippen LogP contribution in [0.25, 0.3) is 16.5 Å². The van der Waals surface area contributed by atoms with Gasteiger partial charge in [-0.25, -0.2) is 4.39 Å². The second-order valence-electron chi connectivity index (χ2n) is 6.31. The number of aromatic amines is 1. The van der Waals surface area contributed by atoms with E-state index in [1.165, 1.54) is 12.1 Å². The number of fused-ring (bicyclic) bond motifs is 1. The van der Waals surface area contributed by atoms with Gasteiger partial charge in [-0.1, -0.05) is 6.08 Å². The van der Waals surface area contributed by atoms with E-state index in [0.29, 0.717) is 24.2 Å². The molecule has 1 aliphatic heterocycles. The fraction of sp³-hybridized carbons (Fsp3) is 0.143. The van der Waals surface area contributed by atoms with Crippen LogP contribution in [0, 0.1) is 17.1 Å². The lowest BCUT2D eigenvalue weighted by molar-refractivity contribution is 0.0773. The molecule has 1 N–H and O–H groups in total. The van der Waals surface area contributed by atoms with E-state index in [-0.39, 0.29) is 11.7 Å². The normalized spacial score (nSPS) is 14.2. The Hall–Kier alpha value is -3.39. The van der Waals surface area contributed by atoms with Crippen LogP contribution in [0.3, 0.4) is 0 Å². The molecule has 5 heteroatoms. The molecule has 1 amide bonds. The molecule has 0 bridgehead atoms. The number of H-pyrrole nitrogens is 1. The zero-order valence-corrected chi connectivity index (χ0v) is 14.0. The van der Waals surface area contributed by atoms with E-state index >= 15 is 0 Å². The van der Waals surface area contributed by atoms with Crippen molar-refractivity contribution < 1.29 is 9.18 Å². The molecule has 4 nitrogen and oxygen atoms in total. The highest BCUT2D eigenvalue weighted by molar-refractivity contribution is 5.96. The summed E-state index contributed by atoms with van der Waals surface area (Å²) in [5.74, 6) is -0.298. The Morgan fingerprint density at radius 3 is 2.69 bits per heavy atom. The summed E-state index contributed by atoms with van der Waals surface area (Å²) < 4.78 is 13.3. The lowest BCUT2D eigenvalue weighted by Crippen LogP contribution is -2.34. The van der Waals surface area contributed by atoms with E-state index in [4.69, 9.17) is 5.26 Å². The number of benzene rings is 2. The van der Waals surface area contributed by atoms with Crippen LogP contribution in [0.15, 0.2) is 54.7 Å². The zero-order chi connectivity index (χ0) is 18.1. The maximum atomic E-state index is 13.3. The maximum Gasteiger partial charge on any atom is 0.254 e. The Morgan fingerprint density at radius 2 is 2.00 bits per heavy atom. The summed E-state index contributed by atoms with van der Waals surface area (Å²) in [7, 11) is 0. The van der Waals surface area contributed by atoms with E-state index in [0.717, 1.165) is 28.5 Å². The molecule has 128 valence electrons. The van der Waals surface area contributed by atoms with Crippen LogP contribution in [0.1, 0.15) is 27.9 Å². The van der Waals surface area contributed by atoms with Gasteiger partial charge in [-0.3, -0.25) is 4.79 Å². The third kappa shape index (κ3) is 2.86. The lowest BCUT2D eigenvalue weighted by atomic mass is 9.98. The largest absolute Gasteiger partial charge is 0.360 e. The molecular weight excluding hydrogens is 329 g/mol. The number of nitriles is 1. The molecule has 0 saturated heterocycles. The molecule has 2 aromatic carbocycles. The fourth-order valence-corrected chi connectivity index (χ4v) is 3.33. The summed E-state index contributed by atoms with van der Waals surface area (Å²) in [4.78, 5) is 17.5. The van der Waals surface area contributed by atoms with Gasteiger partial charge in [0.2, 0.25) is 0 Å². The quantitative estimate of drug-likeness (QED) is 0.760. The highest BCUT2D eigenvalue weighted by Gasteiger charge is 2.20. The Morgan fingerprint density at radius 1 is 1.19 bits per heavy atom. The number of aromatic nitrogens is 1. The van der Waals surface area contributed by atoms with Gasteiger partial charge in [0.05, 0.1) is 11.6 Å². The molecule has 0 saturated carbocycles. The minimum Gasteiger partial charge on any atom is -0.360 e. The number of nitrogens with zero attached hydrogens (tertiary/aromatic N) is 2. The van der Waals surface area contributed by atoms with E-state index in [1.54, 1.807) is 35.2 Å². The van der Waals surface area contributed by atoms with Crippen molar-refractivity contribution in [3.63, 3.8) is 0 Å². The van der Waals surface area contributed by atoms with Crippen molar-refractivity contribution in [1.82, 2.24) is 9.88 Å². The van der Waals surface area contributed by atoms with Crippen LogP contribution in [0.5, 0.6) is 0 Å². The Kier molecular flexibility index (Phi) is 4.02. The molecule has 0 radical (unpaired) electrons. The molecule has 0 fully saturated rings. The first-order valence-electron chi connectivity index (χ1n) is 8.41. The molecule has 26 heavy (non-hydrogen) atoms. The maximum absolute atomic E-state index is 13.3. The van der Waals surface area contributed by atoms with Gasteiger partial charge < -0.3 is 9.88 Å². The van der Waals surface area contributed by atoms with Crippen LogP contribution in [0.4, 0.5) is 4.39 Å². The summed E-state index contributed by atoms with van der Waals surface area (Å²) in [5.41, 5.74) is 4.12. The molecule has 2 heterocycles. The SMILES string of the molecule is N#Cc1ccc(C(=O)N2CC=C(c3c[nH]c4cc(F)ccc34)CC2)cc1. The van der Waals surface area contributed by atoms with E-state index in [1.807, 2.05) is 6.20 Å². The van der Waals surface area contributed by atoms with Crippen LogP contribution >= 0.6 is 0 Å². The second-order valence-corrected chi connectivity index (χ2v) is 6.31. The minimum absolute atomic E-state index is 0.0363. The van der Waals surface area contributed by atoms with E-state index in [9.17, 15) is 9.18 Å². The predicted octanol–water partition coefficient (Wildman–Crippen LogP) is 4.11. The van der Waals surface area contributed by atoms with Gasteiger partial charge in [-0.2, -0.15) is 5.26 Å². The second kappa shape index (κ2) is 6.49. The highest BCUT2D eigenvalue weighted by Crippen LogP contribution is 2.30. The van der Waals surface area contributed by atoms with Gasteiger partial charge in [0, 0.05) is 41.3 Å².